The number of imidazole rings is 1. The number of rotatable bonds is 12. The number of aromatic amines is 1. The molecule has 1 aromatic rings. The summed E-state index contributed by atoms with van der Waals surface area (Å²) in [5.41, 5.74) is 6.53. The molecule has 0 radical (unpaired) electrons. The van der Waals surface area contributed by atoms with Crippen LogP contribution in [-0.4, -0.2) is 98.1 Å². The molecule has 4 atom stereocenters. The number of likely N-dealkylation sites (tertiary alicyclic amines) is 1. The number of thioether (sulfide) groups is 1. The first kappa shape index (κ1) is 25.6. The number of carboxylic acids is 1. The number of aliphatic hydroxyl groups is 1. The fraction of sp³-hybridized carbons (Fsp3) is 0.632. The van der Waals surface area contributed by atoms with E-state index in [2.05, 4.69) is 20.6 Å². The molecule has 0 spiro atoms. The monoisotopic (exact) mass is 470 g/mol. The van der Waals surface area contributed by atoms with Crippen molar-refractivity contribution in [1.82, 2.24) is 25.5 Å². The zero-order valence-corrected chi connectivity index (χ0v) is 18.6. The number of hydrogen-bond acceptors (Lipinski definition) is 8. The summed E-state index contributed by atoms with van der Waals surface area (Å²) in [6, 6.07) is -4.13. The highest BCUT2D eigenvalue weighted by Gasteiger charge is 2.37. The van der Waals surface area contributed by atoms with E-state index < -0.39 is 48.6 Å². The van der Waals surface area contributed by atoms with Crippen LogP contribution in [0.4, 0.5) is 0 Å². The molecule has 178 valence electrons. The van der Waals surface area contributed by atoms with Crippen LogP contribution in [0.5, 0.6) is 0 Å². The molecule has 7 N–H and O–H groups in total. The van der Waals surface area contributed by atoms with Crippen LogP contribution in [0.25, 0.3) is 0 Å². The van der Waals surface area contributed by atoms with Crippen molar-refractivity contribution >= 4 is 35.5 Å². The number of carboxylic acid groups (broad SMARTS) is 1. The highest BCUT2D eigenvalue weighted by Crippen LogP contribution is 2.19. The molecule has 13 heteroatoms. The van der Waals surface area contributed by atoms with E-state index in [0.717, 1.165) is 5.75 Å². The molecular formula is C19H30N6O6S. The lowest BCUT2D eigenvalue weighted by molar-refractivity contribution is -0.144. The van der Waals surface area contributed by atoms with E-state index in [4.69, 9.17) is 10.8 Å². The van der Waals surface area contributed by atoms with Crippen LogP contribution >= 0.6 is 11.8 Å². The van der Waals surface area contributed by atoms with Crippen molar-refractivity contribution in [2.24, 2.45) is 5.73 Å². The van der Waals surface area contributed by atoms with Crippen molar-refractivity contribution in [3.63, 3.8) is 0 Å². The van der Waals surface area contributed by atoms with E-state index in [0.29, 0.717) is 31.5 Å². The number of hydrogen-bond donors (Lipinski definition) is 6. The third kappa shape index (κ3) is 6.93. The Morgan fingerprint density at radius 2 is 2.09 bits per heavy atom. The maximum atomic E-state index is 13.0. The van der Waals surface area contributed by atoms with Gasteiger partial charge in [-0.25, -0.2) is 9.78 Å². The van der Waals surface area contributed by atoms with Crippen LogP contribution in [0, 0.1) is 0 Å². The van der Waals surface area contributed by atoms with Crippen molar-refractivity contribution in [3.05, 3.63) is 18.2 Å². The molecule has 1 aliphatic rings. The van der Waals surface area contributed by atoms with Crippen LogP contribution in [-0.2, 0) is 25.6 Å². The number of amides is 3. The minimum absolute atomic E-state index is 0.0171. The van der Waals surface area contributed by atoms with Crippen molar-refractivity contribution in [2.75, 3.05) is 25.2 Å². The first-order valence-corrected chi connectivity index (χ1v) is 11.6. The number of aliphatic carboxylic acids is 1. The summed E-state index contributed by atoms with van der Waals surface area (Å²) >= 11 is 1.58. The van der Waals surface area contributed by atoms with Gasteiger partial charge in [-0.2, -0.15) is 11.8 Å². The molecule has 2 heterocycles. The molecular weight excluding hydrogens is 440 g/mol. The molecule has 0 bridgehead atoms. The lowest BCUT2D eigenvalue weighted by atomic mass is 10.1. The molecule has 1 aliphatic heterocycles. The number of H-pyrrole nitrogens is 1. The van der Waals surface area contributed by atoms with E-state index in [1.165, 1.54) is 17.4 Å². The van der Waals surface area contributed by atoms with Gasteiger partial charge in [-0.1, -0.05) is 0 Å². The van der Waals surface area contributed by atoms with Gasteiger partial charge < -0.3 is 36.5 Å². The second-order valence-electron chi connectivity index (χ2n) is 7.50. The fourth-order valence-corrected chi connectivity index (χ4v) is 3.93. The Balaban J connectivity index is 2.11. The van der Waals surface area contributed by atoms with Crippen molar-refractivity contribution < 1.29 is 29.4 Å². The molecule has 2 rings (SSSR count). The Kier molecular flexibility index (Phi) is 9.94. The zero-order valence-electron chi connectivity index (χ0n) is 17.8. The molecule has 3 amide bonds. The van der Waals surface area contributed by atoms with Crippen LogP contribution in [0.1, 0.15) is 25.0 Å². The first-order chi connectivity index (χ1) is 15.3. The van der Waals surface area contributed by atoms with Gasteiger partial charge in [0, 0.05) is 24.9 Å². The zero-order chi connectivity index (χ0) is 23.7. The van der Waals surface area contributed by atoms with E-state index >= 15 is 0 Å². The molecule has 1 aromatic heterocycles. The Hall–Kier alpha value is -2.64. The van der Waals surface area contributed by atoms with Gasteiger partial charge in [-0.05, 0) is 31.3 Å². The number of nitrogens with one attached hydrogen (secondary N) is 3. The maximum absolute atomic E-state index is 13.0. The van der Waals surface area contributed by atoms with Crippen LogP contribution in [0.3, 0.4) is 0 Å². The molecule has 4 unspecified atom stereocenters. The smallest absolute Gasteiger partial charge is 0.328 e. The van der Waals surface area contributed by atoms with Crippen LogP contribution in [0.2, 0.25) is 0 Å². The van der Waals surface area contributed by atoms with Crippen LogP contribution in [0.15, 0.2) is 12.5 Å². The topological polar surface area (TPSA) is 191 Å². The summed E-state index contributed by atoms with van der Waals surface area (Å²) in [6.45, 7) is -0.405. The second-order valence-corrected chi connectivity index (χ2v) is 8.49. The predicted octanol–water partition coefficient (Wildman–Crippen LogP) is -1.93. The van der Waals surface area contributed by atoms with E-state index in [9.17, 15) is 24.3 Å². The number of carbonyl (C=O) groups excluding carboxylic acids is 3. The van der Waals surface area contributed by atoms with Crippen molar-refractivity contribution in [2.45, 2.75) is 49.9 Å². The fourth-order valence-electron chi connectivity index (χ4n) is 3.44. The SMILES string of the molecule is CSCCC(N)C(=O)N1CCCC1C(=O)NC(Cc1cnc[nH]1)C(=O)NC(CO)C(=O)O. The van der Waals surface area contributed by atoms with Crippen LogP contribution < -0.4 is 16.4 Å². The summed E-state index contributed by atoms with van der Waals surface area (Å²) in [5.74, 6) is -2.29. The largest absolute Gasteiger partial charge is 0.480 e. The number of nitrogens with two attached hydrogens (primary N) is 1. The highest BCUT2D eigenvalue weighted by molar-refractivity contribution is 7.98. The molecule has 1 saturated heterocycles. The second kappa shape index (κ2) is 12.4. The highest BCUT2D eigenvalue weighted by atomic mass is 32.2. The minimum Gasteiger partial charge on any atom is -0.480 e. The lowest BCUT2D eigenvalue weighted by Crippen LogP contribution is -2.57. The Labute approximate surface area is 189 Å². The molecule has 0 aromatic carbocycles. The normalized spacial score (nSPS) is 18.6. The summed E-state index contributed by atoms with van der Waals surface area (Å²) in [7, 11) is 0. The van der Waals surface area contributed by atoms with Gasteiger partial charge >= 0.3 is 5.97 Å². The number of carbonyl (C=O) groups is 4. The van der Waals surface area contributed by atoms with Gasteiger partial charge in [0.15, 0.2) is 0 Å². The van der Waals surface area contributed by atoms with Crippen molar-refractivity contribution in [3.8, 4) is 0 Å². The quantitative estimate of drug-likeness (QED) is 0.202. The average molecular weight is 471 g/mol. The van der Waals surface area contributed by atoms with Gasteiger partial charge in [-0.3, -0.25) is 14.4 Å². The third-order valence-corrected chi connectivity index (χ3v) is 5.84. The summed E-state index contributed by atoms with van der Waals surface area (Å²) in [4.78, 5) is 57.7. The summed E-state index contributed by atoms with van der Waals surface area (Å²) in [6.07, 6.45) is 6.37. The summed E-state index contributed by atoms with van der Waals surface area (Å²) < 4.78 is 0. The molecule has 1 fully saturated rings. The standard InChI is InChI=1S/C19H30N6O6S/c1-32-6-4-12(20)18(29)25-5-2-3-15(25)17(28)23-13(7-11-8-21-10-22-11)16(27)24-14(9-26)19(30)31/h8,10,12-15,26H,2-7,9,20H2,1H3,(H,21,22)(H,23,28)(H,24,27)(H,30,31). The van der Waals surface area contributed by atoms with Gasteiger partial charge in [0.05, 0.1) is 19.0 Å². The van der Waals surface area contributed by atoms with Gasteiger partial charge in [0.1, 0.15) is 18.1 Å². The van der Waals surface area contributed by atoms with Crippen molar-refractivity contribution in [1.29, 1.82) is 0 Å². The van der Waals surface area contributed by atoms with Gasteiger partial charge in [0.2, 0.25) is 17.7 Å². The first-order valence-electron chi connectivity index (χ1n) is 10.2. The van der Waals surface area contributed by atoms with Gasteiger partial charge in [0.25, 0.3) is 0 Å². The molecule has 32 heavy (non-hydrogen) atoms. The van der Waals surface area contributed by atoms with Gasteiger partial charge in [-0.15, -0.1) is 0 Å². The number of aromatic nitrogens is 2. The minimum atomic E-state index is -1.51. The maximum Gasteiger partial charge on any atom is 0.328 e. The Morgan fingerprint density at radius 1 is 1.34 bits per heavy atom. The third-order valence-electron chi connectivity index (χ3n) is 5.20. The molecule has 12 nitrogen and oxygen atoms in total. The van der Waals surface area contributed by atoms with E-state index in [1.807, 2.05) is 6.26 Å². The average Bonchev–Trinajstić information content (AvgIpc) is 3.46. The summed E-state index contributed by atoms with van der Waals surface area (Å²) in [5, 5.41) is 23.1. The van der Waals surface area contributed by atoms with E-state index in [1.54, 1.807) is 11.8 Å². The predicted molar refractivity (Wildman–Crippen MR) is 117 cm³/mol. The molecule has 0 saturated carbocycles. The Bertz CT molecular complexity index is 791. The number of nitrogens with zero attached hydrogens (tertiary/aromatic N) is 2. The number of aliphatic hydroxyl groups excluding tert-OH is 1. The lowest BCUT2D eigenvalue weighted by Gasteiger charge is -2.28. The molecule has 0 aliphatic carbocycles. The van der Waals surface area contributed by atoms with E-state index in [-0.39, 0.29) is 12.3 Å². The Morgan fingerprint density at radius 3 is 2.69 bits per heavy atom.